The Hall–Kier alpha value is -3.64. The topological polar surface area (TPSA) is 183 Å². The van der Waals surface area contributed by atoms with Crippen molar-refractivity contribution >= 4 is 27.7 Å². The first-order chi connectivity index (χ1) is 27.6. The Morgan fingerprint density at radius 1 is 0.842 bits per heavy atom. The third-order valence-electron chi connectivity index (χ3n) is 9.35. The van der Waals surface area contributed by atoms with Gasteiger partial charge in [0.25, 0.3) is 0 Å². The average molecular weight is 819 g/mol. The molecule has 0 bridgehead atoms. The van der Waals surface area contributed by atoms with Crippen molar-refractivity contribution in [3.63, 3.8) is 0 Å². The molecule has 1 heterocycles. The molecule has 2 aromatic carbocycles. The number of sulfonamides is 1. The summed E-state index contributed by atoms with van der Waals surface area (Å²) in [5, 5.41) is 6.20. The third kappa shape index (κ3) is 17.8. The molecular weight excluding hydrogens is 753 g/mol. The molecule has 0 saturated carbocycles. The number of nitrogens with one attached hydrogen (secondary N) is 2. The van der Waals surface area contributed by atoms with Gasteiger partial charge in [-0.05, 0) is 74.9 Å². The van der Waals surface area contributed by atoms with Gasteiger partial charge in [0.1, 0.15) is 18.2 Å². The van der Waals surface area contributed by atoms with Crippen molar-refractivity contribution in [2.45, 2.75) is 70.2 Å². The maximum atomic E-state index is 13.4. The lowest BCUT2D eigenvalue weighted by Crippen LogP contribution is -2.36. The van der Waals surface area contributed by atoms with E-state index >= 15 is 0 Å². The van der Waals surface area contributed by atoms with Crippen LogP contribution in [0.3, 0.4) is 0 Å². The SMILES string of the molecule is COc1cc(C)c(S(=O)(=O)N(C)CCOCC(=O)N(CCCOCCOCCOCCCNC(=O)CCCCCCN)Cc2ccc(C3=NCCN3)cc2)c(C)c1. The number of carbonyl (C=O) groups is 2. The zero-order valence-electron chi connectivity index (χ0n) is 34.5. The molecule has 0 atom stereocenters. The number of ether oxygens (including phenoxy) is 5. The smallest absolute Gasteiger partial charge is 0.248 e. The standard InChI is InChI=1S/C41H66N6O9S/c1-33-29-37(52-4)30-34(2)40(33)57(50,51)46(3)21-24-56-32-39(49)47(31-35-12-14-36(15-13-35)41-44-18-19-45-41)20-10-23-54-26-28-55-27-25-53-22-9-17-43-38(48)11-7-5-6-8-16-42/h12-15,29-30H,5-11,16-28,31-32,42H2,1-4H3,(H,43,48)(H,44,45). The van der Waals surface area contributed by atoms with Gasteiger partial charge in [-0.1, -0.05) is 37.1 Å². The van der Waals surface area contributed by atoms with Crippen LogP contribution in [0.25, 0.3) is 0 Å². The molecule has 1 aliphatic rings. The van der Waals surface area contributed by atoms with E-state index in [0.717, 1.165) is 62.2 Å². The van der Waals surface area contributed by atoms with Crippen LogP contribution in [0.4, 0.5) is 0 Å². The number of nitrogens with two attached hydrogens (primary N) is 1. The van der Waals surface area contributed by atoms with Crippen molar-refractivity contribution in [2.24, 2.45) is 10.7 Å². The quantitative estimate of drug-likeness (QED) is 0.0951. The average Bonchev–Trinajstić information content (AvgIpc) is 3.74. The van der Waals surface area contributed by atoms with Crippen LogP contribution in [0.5, 0.6) is 5.75 Å². The molecule has 15 nitrogen and oxygen atoms in total. The molecule has 57 heavy (non-hydrogen) atoms. The van der Waals surface area contributed by atoms with Gasteiger partial charge in [-0.3, -0.25) is 14.6 Å². The van der Waals surface area contributed by atoms with Gasteiger partial charge in [0.2, 0.25) is 21.8 Å². The van der Waals surface area contributed by atoms with Gasteiger partial charge >= 0.3 is 0 Å². The van der Waals surface area contributed by atoms with Crippen LogP contribution < -0.4 is 21.1 Å². The van der Waals surface area contributed by atoms with E-state index in [4.69, 9.17) is 29.4 Å². The molecule has 4 N–H and O–H groups in total. The summed E-state index contributed by atoms with van der Waals surface area (Å²) < 4.78 is 56.0. The molecule has 3 rings (SSSR count). The first kappa shape index (κ1) is 47.7. The molecule has 16 heteroatoms. The largest absolute Gasteiger partial charge is 0.497 e. The van der Waals surface area contributed by atoms with Crippen molar-refractivity contribution in [1.82, 2.24) is 19.8 Å². The van der Waals surface area contributed by atoms with Gasteiger partial charge < -0.3 is 45.0 Å². The lowest BCUT2D eigenvalue weighted by atomic mass is 10.1. The third-order valence-corrected chi connectivity index (χ3v) is 11.5. The lowest BCUT2D eigenvalue weighted by molar-refractivity contribution is -0.137. The molecule has 0 spiro atoms. The first-order valence-electron chi connectivity index (χ1n) is 20.1. The Balaban J connectivity index is 1.35. The number of carbonyl (C=O) groups excluding carboxylic acids is 2. The summed E-state index contributed by atoms with van der Waals surface area (Å²) in [6.07, 6.45) is 5.93. The van der Waals surface area contributed by atoms with Crippen molar-refractivity contribution in [3.8, 4) is 5.75 Å². The number of aliphatic imine (C=N–C) groups is 1. The van der Waals surface area contributed by atoms with E-state index in [9.17, 15) is 18.0 Å². The highest BCUT2D eigenvalue weighted by atomic mass is 32.2. The molecule has 2 amide bonds. The fourth-order valence-corrected chi connectivity index (χ4v) is 7.76. The van der Waals surface area contributed by atoms with E-state index in [1.807, 2.05) is 24.3 Å². The molecule has 0 aromatic heterocycles. The van der Waals surface area contributed by atoms with Crippen molar-refractivity contribution < 1.29 is 41.7 Å². The Labute approximate surface area is 340 Å². The molecule has 2 aromatic rings. The Morgan fingerprint density at radius 2 is 1.49 bits per heavy atom. The number of rotatable bonds is 31. The predicted molar refractivity (Wildman–Crippen MR) is 221 cm³/mol. The summed E-state index contributed by atoms with van der Waals surface area (Å²) in [4.78, 5) is 31.7. The Morgan fingerprint density at radius 3 is 2.12 bits per heavy atom. The van der Waals surface area contributed by atoms with Crippen LogP contribution >= 0.6 is 0 Å². The molecule has 320 valence electrons. The molecule has 0 aliphatic carbocycles. The van der Waals surface area contributed by atoms with Crippen molar-refractivity contribution in [1.29, 1.82) is 0 Å². The van der Waals surface area contributed by atoms with E-state index in [1.54, 1.807) is 38.0 Å². The van der Waals surface area contributed by atoms with Gasteiger partial charge in [-0.15, -0.1) is 0 Å². The highest BCUT2D eigenvalue weighted by Gasteiger charge is 2.25. The van der Waals surface area contributed by atoms with Crippen LogP contribution in [0, 0.1) is 13.8 Å². The monoisotopic (exact) mass is 818 g/mol. The maximum absolute atomic E-state index is 13.4. The second kappa shape index (κ2) is 27.1. The number of amidine groups is 1. The number of amides is 2. The number of benzene rings is 2. The van der Waals surface area contributed by atoms with E-state index in [2.05, 4.69) is 15.6 Å². The molecule has 0 fully saturated rings. The number of unbranched alkanes of at least 4 members (excludes halogenated alkanes) is 3. The predicted octanol–water partition coefficient (Wildman–Crippen LogP) is 3.18. The summed E-state index contributed by atoms with van der Waals surface area (Å²) >= 11 is 0. The zero-order valence-corrected chi connectivity index (χ0v) is 35.3. The van der Waals surface area contributed by atoms with E-state index in [1.165, 1.54) is 11.4 Å². The molecule has 0 unspecified atom stereocenters. The number of hydrogen-bond donors (Lipinski definition) is 3. The number of aryl methyl sites for hydroxylation is 2. The molecule has 0 saturated heterocycles. The highest BCUT2D eigenvalue weighted by Crippen LogP contribution is 2.27. The number of likely N-dealkylation sites (N-methyl/N-ethyl adjacent to an activating group) is 1. The summed E-state index contributed by atoms with van der Waals surface area (Å²) in [5.41, 5.74) is 8.65. The minimum atomic E-state index is -3.78. The summed E-state index contributed by atoms with van der Waals surface area (Å²) in [6, 6.07) is 11.4. The van der Waals surface area contributed by atoms with E-state index in [0.29, 0.717) is 95.5 Å². The molecular formula is C41H66N6O9S. The van der Waals surface area contributed by atoms with Gasteiger partial charge in [0.05, 0.1) is 51.6 Å². The normalized spacial score (nSPS) is 12.8. The highest BCUT2D eigenvalue weighted by molar-refractivity contribution is 7.89. The fourth-order valence-electron chi connectivity index (χ4n) is 6.20. The Kier molecular flexibility index (Phi) is 22.7. The van der Waals surface area contributed by atoms with Crippen LogP contribution in [0.2, 0.25) is 0 Å². The number of methoxy groups -OCH3 is 1. The van der Waals surface area contributed by atoms with Gasteiger partial charge in [0.15, 0.2) is 0 Å². The fraction of sp³-hybridized carbons (Fsp3) is 0.634. The second-order valence-corrected chi connectivity index (χ2v) is 16.0. The zero-order chi connectivity index (χ0) is 41.3. The lowest BCUT2D eigenvalue weighted by Gasteiger charge is -2.24. The number of nitrogens with zero attached hydrogens (tertiary/aromatic N) is 3. The van der Waals surface area contributed by atoms with Gasteiger partial charge in [0, 0.05) is 65.0 Å². The number of hydrogen-bond acceptors (Lipinski definition) is 12. The minimum absolute atomic E-state index is 0.0519. The van der Waals surface area contributed by atoms with Crippen LogP contribution in [0.1, 0.15) is 67.2 Å². The van der Waals surface area contributed by atoms with Gasteiger partial charge in [-0.2, -0.15) is 4.31 Å². The van der Waals surface area contributed by atoms with Crippen LogP contribution in [-0.4, -0.2) is 142 Å². The minimum Gasteiger partial charge on any atom is -0.497 e. The van der Waals surface area contributed by atoms with Crippen LogP contribution in [-0.2, 0) is 45.1 Å². The van der Waals surface area contributed by atoms with Crippen molar-refractivity contribution in [2.75, 3.05) is 106 Å². The Bertz CT molecular complexity index is 1600. The summed E-state index contributed by atoms with van der Waals surface area (Å²) in [6.45, 7) is 9.91. The summed E-state index contributed by atoms with van der Waals surface area (Å²) in [7, 11) is -0.734. The van der Waals surface area contributed by atoms with E-state index in [-0.39, 0.29) is 36.5 Å². The molecule has 0 radical (unpaired) electrons. The molecule has 1 aliphatic heterocycles. The first-order valence-corrected chi connectivity index (χ1v) is 21.6. The second-order valence-electron chi connectivity index (χ2n) is 14.0. The van der Waals surface area contributed by atoms with Crippen LogP contribution in [0.15, 0.2) is 46.3 Å². The summed E-state index contributed by atoms with van der Waals surface area (Å²) in [5.74, 6) is 1.35. The van der Waals surface area contributed by atoms with Crippen molar-refractivity contribution in [3.05, 3.63) is 58.7 Å². The van der Waals surface area contributed by atoms with Gasteiger partial charge in [-0.25, -0.2) is 8.42 Å². The van der Waals surface area contributed by atoms with E-state index < -0.39 is 10.0 Å². The maximum Gasteiger partial charge on any atom is 0.248 e.